The van der Waals surface area contributed by atoms with Crippen molar-refractivity contribution in [2.75, 3.05) is 13.2 Å². The normalized spacial score (nSPS) is 16.4. The minimum absolute atomic E-state index is 0.0632. The van der Waals surface area contributed by atoms with Crippen molar-refractivity contribution in [1.82, 2.24) is 10.3 Å². The maximum Gasteiger partial charge on any atom is 0.252 e. The third-order valence-electron chi connectivity index (χ3n) is 4.10. The zero-order valence-corrected chi connectivity index (χ0v) is 13.8. The largest absolute Gasteiger partial charge is 0.474 e. The first kappa shape index (κ1) is 16.5. The van der Waals surface area contributed by atoms with Crippen molar-refractivity contribution in [3.8, 4) is 5.88 Å². The molecule has 0 aliphatic carbocycles. The average molecular weight is 326 g/mol. The SMILES string of the molecule is CC(NC(=O)c1ccnc(OC2CCOCC2)c1)c1ccccc1. The van der Waals surface area contributed by atoms with Gasteiger partial charge in [0.1, 0.15) is 6.10 Å². The Morgan fingerprint density at radius 1 is 1.25 bits per heavy atom. The summed E-state index contributed by atoms with van der Waals surface area (Å²) in [5.74, 6) is 0.354. The molecule has 1 fully saturated rings. The molecule has 1 aromatic carbocycles. The van der Waals surface area contributed by atoms with Gasteiger partial charge in [-0.25, -0.2) is 4.98 Å². The summed E-state index contributed by atoms with van der Waals surface area (Å²) in [5.41, 5.74) is 1.62. The van der Waals surface area contributed by atoms with Crippen LogP contribution in [-0.4, -0.2) is 30.2 Å². The molecular formula is C19H22N2O3. The predicted molar refractivity (Wildman–Crippen MR) is 91.0 cm³/mol. The molecule has 2 aromatic rings. The highest BCUT2D eigenvalue weighted by Crippen LogP contribution is 2.18. The molecule has 1 atom stereocenters. The maximum atomic E-state index is 12.5. The summed E-state index contributed by atoms with van der Waals surface area (Å²) < 4.78 is 11.2. The lowest BCUT2D eigenvalue weighted by Crippen LogP contribution is -2.28. The van der Waals surface area contributed by atoms with Gasteiger partial charge in [0.25, 0.3) is 5.91 Å². The lowest BCUT2D eigenvalue weighted by atomic mass is 10.1. The summed E-state index contributed by atoms with van der Waals surface area (Å²) in [6.07, 6.45) is 3.41. The van der Waals surface area contributed by atoms with Crippen LogP contribution in [0.2, 0.25) is 0 Å². The summed E-state index contributed by atoms with van der Waals surface area (Å²) in [7, 11) is 0. The van der Waals surface area contributed by atoms with Gasteiger partial charge in [0.2, 0.25) is 5.88 Å². The van der Waals surface area contributed by atoms with Gasteiger partial charge >= 0.3 is 0 Å². The molecule has 0 spiro atoms. The number of carbonyl (C=O) groups is 1. The van der Waals surface area contributed by atoms with Crippen LogP contribution in [0.5, 0.6) is 5.88 Å². The van der Waals surface area contributed by atoms with Gasteiger partial charge in [-0.2, -0.15) is 0 Å². The Labute approximate surface area is 142 Å². The molecule has 24 heavy (non-hydrogen) atoms. The minimum atomic E-state index is -0.134. The highest BCUT2D eigenvalue weighted by atomic mass is 16.5. The fourth-order valence-corrected chi connectivity index (χ4v) is 2.68. The number of nitrogens with one attached hydrogen (secondary N) is 1. The molecule has 0 saturated carbocycles. The minimum Gasteiger partial charge on any atom is -0.474 e. The number of hydrogen-bond donors (Lipinski definition) is 1. The smallest absolute Gasteiger partial charge is 0.252 e. The Morgan fingerprint density at radius 3 is 2.75 bits per heavy atom. The molecule has 3 rings (SSSR count). The lowest BCUT2D eigenvalue weighted by molar-refractivity contribution is 0.0237. The molecule has 0 bridgehead atoms. The van der Waals surface area contributed by atoms with Crippen molar-refractivity contribution in [3.05, 3.63) is 59.8 Å². The number of carbonyl (C=O) groups excluding carboxylic acids is 1. The highest BCUT2D eigenvalue weighted by Gasteiger charge is 2.17. The van der Waals surface area contributed by atoms with Gasteiger partial charge in [-0.3, -0.25) is 4.79 Å². The van der Waals surface area contributed by atoms with Gasteiger partial charge in [-0.15, -0.1) is 0 Å². The number of hydrogen-bond acceptors (Lipinski definition) is 4. The number of aromatic nitrogens is 1. The zero-order valence-electron chi connectivity index (χ0n) is 13.8. The van der Waals surface area contributed by atoms with Crippen LogP contribution in [0.1, 0.15) is 41.7 Å². The van der Waals surface area contributed by atoms with Crippen LogP contribution in [0.3, 0.4) is 0 Å². The standard InChI is InChI=1S/C19H22N2O3/c1-14(15-5-3-2-4-6-15)21-19(22)16-7-10-20-18(13-16)24-17-8-11-23-12-9-17/h2-7,10,13-14,17H,8-9,11-12H2,1H3,(H,21,22). The van der Waals surface area contributed by atoms with Crippen molar-refractivity contribution >= 4 is 5.91 Å². The Kier molecular flexibility index (Phi) is 5.43. The van der Waals surface area contributed by atoms with Crippen LogP contribution in [0.25, 0.3) is 0 Å². The number of benzene rings is 1. The van der Waals surface area contributed by atoms with E-state index in [-0.39, 0.29) is 18.1 Å². The van der Waals surface area contributed by atoms with Crippen LogP contribution in [-0.2, 0) is 4.74 Å². The summed E-state index contributed by atoms with van der Waals surface area (Å²) in [6.45, 7) is 3.38. The molecule has 1 unspecified atom stereocenters. The first-order valence-electron chi connectivity index (χ1n) is 8.28. The Morgan fingerprint density at radius 2 is 2.00 bits per heavy atom. The zero-order chi connectivity index (χ0) is 16.8. The van der Waals surface area contributed by atoms with Crippen molar-refractivity contribution in [2.45, 2.75) is 31.9 Å². The van der Waals surface area contributed by atoms with E-state index in [4.69, 9.17) is 9.47 Å². The van der Waals surface area contributed by atoms with Gasteiger partial charge in [-0.1, -0.05) is 30.3 Å². The molecule has 1 N–H and O–H groups in total. The van der Waals surface area contributed by atoms with Gasteiger partial charge in [0, 0.05) is 30.7 Å². The van der Waals surface area contributed by atoms with E-state index in [0.29, 0.717) is 24.7 Å². The third kappa shape index (κ3) is 4.32. The van der Waals surface area contributed by atoms with E-state index in [9.17, 15) is 4.79 Å². The second kappa shape index (κ2) is 7.93. The quantitative estimate of drug-likeness (QED) is 0.917. The van der Waals surface area contributed by atoms with Crippen molar-refractivity contribution in [3.63, 3.8) is 0 Å². The first-order chi connectivity index (χ1) is 11.7. The molecule has 1 amide bonds. The molecule has 1 aliphatic heterocycles. The summed E-state index contributed by atoms with van der Waals surface area (Å²) in [6, 6.07) is 13.2. The van der Waals surface area contributed by atoms with Crippen LogP contribution in [0.4, 0.5) is 0 Å². The van der Waals surface area contributed by atoms with E-state index in [1.54, 1.807) is 18.3 Å². The van der Waals surface area contributed by atoms with Crippen molar-refractivity contribution in [2.24, 2.45) is 0 Å². The Hall–Kier alpha value is -2.40. The predicted octanol–water partition coefficient (Wildman–Crippen LogP) is 3.13. The van der Waals surface area contributed by atoms with E-state index in [0.717, 1.165) is 18.4 Å². The monoisotopic (exact) mass is 326 g/mol. The summed E-state index contributed by atoms with van der Waals surface area (Å²) >= 11 is 0. The molecule has 126 valence electrons. The van der Waals surface area contributed by atoms with Gasteiger partial charge in [0.15, 0.2) is 0 Å². The maximum absolute atomic E-state index is 12.5. The number of ether oxygens (including phenoxy) is 2. The third-order valence-corrected chi connectivity index (χ3v) is 4.10. The molecule has 5 heteroatoms. The second-order valence-electron chi connectivity index (χ2n) is 5.92. The molecular weight excluding hydrogens is 304 g/mol. The summed E-state index contributed by atoms with van der Waals surface area (Å²) in [5, 5.41) is 3.00. The van der Waals surface area contributed by atoms with E-state index in [2.05, 4.69) is 10.3 Å². The molecule has 1 saturated heterocycles. The first-order valence-corrected chi connectivity index (χ1v) is 8.28. The Balaban J connectivity index is 1.63. The molecule has 1 aliphatic rings. The van der Waals surface area contributed by atoms with Gasteiger partial charge in [0.05, 0.1) is 19.3 Å². The Bertz CT molecular complexity index is 669. The fourth-order valence-electron chi connectivity index (χ4n) is 2.68. The average Bonchev–Trinajstić information content (AvgIpc) is 2.63. The van der Waals surface area contributed by atoms with Crippen molar-refractivity contribution in [1.29, 1.82) is 0 Å². The second-order valence-corrected chi connectivity index (χ2v) is 5.92. The number of amides is 1. The topological polar surface area (TPSA) is 60.5 Å². The molecule has 2 heterocycles. The van der Waals surface area contributed by atoms with E-state index < -0.39 is 0 Å². The fraction of sp³-hybridized carbons (Fsp3) is 0.368. The van der Waals surface area contributed by atoms with Crippen molar-refractivity contribution < 1.29 is 14.3 Å². The van der Waals surface area contributed by atoms with Crippen LogP contribution >= 0.6 is 0 Å². The van der Waals surface area contributed by atoms with E-state index >= 15 is 0 Å². The highest BCUT2D eigenvalue weighted by molar-refractivity contribution is 5.94. The van der Waals surface area contributed by atoms with Crippen LogP contribution in [0.15, 0.2) is 48.7 Å². The molecule has 0 radical (unpaired) electrons. The van der Waals surface area contributed by atoms with Crippen LogP contribution in [0, 0.1) is 0 Å². The van der Waals surface area contributed by atoms with E-state index in [1.165, 1.54) is 0 Å². The number of nitrogens with zero attached hydrogens (tertiary/aromatic N) is 1. The van der Waals surface area contributed by atoms with Gasteiger partial charge in [-0.05, 0) is 18.6 Å². The molecule has 5 nitrogen and oxygen atoms in total. The van der Waals surface area contributed by atoms with Gasteiger partial charge < -0.3 is 14.8 Å². The number of pyridine rings is 1. The molecule has 1 aromatic heterocycles. The van der Waals surface area contributed by atoms with E-state index in [1.807, 2.05) is 37.3 Å². The van der Waals surface area contributed by atoms with Crippen LogP contribution < -0.4 is 10.1 Å². The summed E-state index contributed by atoms with van der Waals surface area (Å²) in [4.78, 5) is 16.7. The number of rotatable bonds is 5. The lowest BCUT2D eigenvalue weighted by Gasteiger charge is -2.22.